The van der Waals surface area contributed by atoms with Crippen LogP contribution in [-0.4, -0.2) is 40.5 Å². The molecule has 3 N–H and O–H groups in total. The number of aromatic nitrogens is 1. The van der Waals surface area contributed by atoms with Gasteiger partial charge in [0, 0.05) is 5.38 Å². The van der Waals surface area contributed by atoms with Gasteiger partial charge in [-0.15, -0.1) is 11.3 Å². The second kappa shape index (κ2) is 9.71. The molecular weight excluding hydrogens is 406 g/mol. The maximum Gasteiger partial charge on any atom is 0.329 e. The highest BCUT2D eigenvalue weighted by Crippen LogP contribution is 2.23. The molecule has 0 aliphatic carbocycles. The molecule has 1 atom stereocenters. The number of phenolic OH excluding ortho intramolecular Hbond substituents is 1. The van der Waals surface area contributed by atoms with Crippen molar-refractivity contribution in [2.45, 2.75) is 47.1 Å². The molecule has 0 bridgehead atoms. The number of aromatic hydroxyl groups is 1. The Balaban J connectivity index is 2.02. The summed E-state index contributed by atoms with van der Waals surface area (Å²) in [4.78, 5) is 41.2. The van der Waals surface area contributed by atoms with E-state index in [9.17, 15) is 19.5 Å². The van der Waals surface area contributed by atoms with Gasteiger partial charge in [-0.05, 0) is 31.4 Å². The molecule has 0 radical (unpaired) electrons. The Labute approximate surface area is 179 Å². The number of phenols is 1. The zero-order chi connectivity index (χ0) is 22.5. The molecule has 2 amide bonds. The number of rotatable bonds is 7. The van der Waals surface area contributed by atoms with E-state index in [0.29, 0.717) is 10.8 Å². The van der Waals surface area contributed by atoms with E-state index in [-0.39, 0.29) is 30.2 Å². The van der Waals surface area contributed by atoms with Crippen LogP contribution < -0.4 is 10.6 Å². The van der Waals surface area contributed by atoms with Crippen molar-refractivity contribution in [3.05, 3.63) is 40.4 Å². The molecule has 2 rings (SSSR count). The van der Waals surface area contributed by atoms with E-state index in [4.69, 9.17) is 4.74 Å². The molecule has 0 saturated heterocycles. The van der Waals surface area contributed by atoms with Crippen LogP contribution in [0.3, 0.4) is 0 Å². The van der Waals surface area contributed by atoms with E-state index >= 15 is 0 Å². The van der Waals surface area contributed by atoms with E-state index < -0.39 is 23.3 Å². The zero-order valence-corrected chi connectivity index (χ0v) is 18.6. The molecule has 8 nitrogen and oxygen atoms in total. The van der Waals surface area contributed by atoms with Crippen molar-refractivity contribution in [3.63, 3.8) is 0 Å². The Morgan fingerprint density at radius 3 is 2.60 bits per heavy atom. The lowest BCUT2D eigenvalue weighted by Crippen LogP contribution is -2.50. The summed E-state index contributed by atoms with van der Waals surface area (Å²) in [6.45, 7) is 9.27. The third-order valence-corrected chi connectivity index (χ3v) is 5.01. The normalized spacial score (nSPS) is 12.2. The van der Waals surface area contributed by atoms with Gasteiger partial charge in [-0.25, -0.2) is 9.78 Å². The number of benzene rings is 1. The highest BCUT2D eigenvalue weighted by Gasteiger charge is 2.34. The SMILES string of the molecule is CCOC(=O)[C@@H](NC(=O)Cc1csc(NC(=O)c2cc(C)ccc2O)n1)C(C)(C)C. The highest BCUT2D eigenvalue weighted by atomic mass is 32.1. The molecule has 0 aliphatic heterocycles. The molecule has 0 saturated carbocycles. The smallest absolute Gasteiger partial charge is 0.329 e. The average molecular weight is 434 g/mol. The van der Waals surface area contributed by atoms with Crippen LogP contribution in [0.5, 0.6) is 5.75 Å². The van der Waals surface area contributed by atoms with Crippen LogP contribution in [0.2, 0.25) is 0 Å². The van der Waals surface area contributed by atoms with Gasteiger partial charge in [0.1, 0.15) is 11.8 Å². The molecule has 1 aromatic heterocycles. The molecule has 0 spiro atoms. The number of aryl methyl sites for hydroxylation is 1. The Hall–Kier alpha value is -2.94. The van der Waals surface area contributed by atoms with Crippen LogP contribution in [0, 0.1) is 12.3 Å². The number of hydrogen-bond acceptors (Lipinski definition) is 7. The van der Waals surface area contributed by atoms with Gasteiger partial charge in [-0.2, -0.15) is 0 Å². The molecule has 9 heteroatoms. The van der Waals surface area contributed by atoms with E-state index in [2.05, 4.69) is 15.6 Å². The van der Waals surface area contributed by atoms with Crippen molar-refractivity contribution in [3.8, 4) is 5.75 Å². The number of carbonyl (C=O) groups is 3. The fraction of sp³-hybridized carbons (Fsp3) is 0.429. The largest absolute Gasteiger partial charge is 0.507 e. The van der Waals surface area contributed by atoms with Crippen molar-refractivity contribution in [2.75, 3.05) is 11.9 Å². The summed E-state index contributed by atoms with van der Waals surface area (Å²) in [5, 5.41) is 17.2. The summed E-state index contributed by atoms with van der Waals surface area (Å²) in [6.07, 6.45) is -0.0476. The predicted octanol–water partition coefficient (Wildman–Crippen LogP) is 3.05. The van der Waals surface area contributed by atoms with Gasteiger partial charge in [-0.3, -0.25) is 14.9 Å². The minimum atomic E-state index is -0.785. The molecule has 162 valence electrons. The molecule has 2 aromatic rings. The number of nitrogens with one attached hydrogen (secondary N) is 2. The van der Waals surface area contributed by atoms with Crippen LogP contribution in [0.1, 0.15) is 49.3 Å². The summed E-state index contributed by atoms with van der Waals surface area (Å²) >= 11 is 1.17. The van der Waals surface area contributed by atoms with Crippen LogP contribution in [0.4, 0.5) is 5.13 Å². The number of anilines is 1. The molecule has 0 fully saturated rings. The van der Waals surface area contributed by atoms with Gasteiger partial charge in [0.05, 0.1) is 24.3 Å². The first-order valence-electron chi connectivity index (χ1n) is 9.52. The monoisotopic (exact) mass is 433 g/mol. The lowest BCUT2D eigenvalue weighted by atomic mass is 9.86. The third kappa shape index (κ3) is 6.28. The lowest BCUT2D eigenvalue weighted by Gasteiger charge is -2.29. The van der Waals surface area contributed by atoms with Gasteiger partial charge in [0.25, 0.3) is 5.91 Å². The Morgan fingerprint density at radius 2 is 1.97 bits per heavy atom. The van der Waals surface area contributed by atoms with E-state index in [1.807, 2.05) is 27.7 Å². The molecule has 1 aromatic carbocycles. The third-order valence-electron chi connectivity index (χ3n) is 4.20. The molecule has 0 unspecified atom stereocenters. The van der Waals surface area contributed by atoms with Gasteiger partial charge in [0.2, 0.25) is 5.91 Å². The fourth-order valence-corrected chi connectivity index (χ4v) is 3.38. The van der Waals surface area contributed by atoms with Gasteiger partial charge < -0.3 is 15.2 Å². The first kappa shape index (κ1) is 23.3. The number of amides is 2. The first-order valence-corrected chi connectivity index (χ1v) is 10.4. The predicted molar refractivity (Wildman–Crippen MR) is 115 cm³/mol. The average Bonchev–Trinajstić information content (AvgIpc) is 3.07. The quantitative estimate of drug-likeness (QED) is 0.578. The topological polar surface area (TPSA) is 118 Å². The second-order valence-corrected chi connectivity index (χ2v) is 8.77. The van der Waals surface area contributed by atoms with E-state index in [1.54, 1.807) is 24.4 Å². The lowest BCUT2D eigenvalue weighted by molar-refractivity contribution is -0.150. The fourth-order valence-electron chi connectivity index (χ4n) is 2.67. The Kier molecular flexibility index (Phi) is 7.55. The molecule has 0 aliphatic rings. The molecular formula is C21H27N3O5S. The van der Waals surface area contributed by atoms with Crippen molar-refractivity contribution in [2.24, 2.45) is 5.41 Å². The van der Waals surface area contributed by atoms with Crippen molar-refractivity contribution >= 4 is 34.3 Å². The van der Waals surface area contributed by atoms with Gasteiger partial charge in [0.15, 0.2) is 5.13 Å². The van der Waals surface area contributed by atoms with Crippen LogP contribution >= 0.6 is 11.3 Å². The summed E-state index contributed by atoms with van der Waals surface area (Å²) in [5.41, 5.74) is 0.924. The zero-order valence-electron chi connectivity index (χ0n) is 17.7. The summed E-state index contributed by atoms with van der Waals surface area (Å²) in [5.74, 6) is -1.47. The maximum absolute atomic E-state index is 12.4. The first-order chi connectivity index (χ1) is 14.0. The minimum Gasteiger partial charge on any atom is -0.507 e. The van der Waals surface area contributed by atoms with Crippen LogP contribution in [-0.2, 0) is 20.7 Å². The number of nitrogens with zero attached hydrogens (tertiary/aromatic N) is 1. The van der Waals surface area contributed by atoms with Crippen molar-refractivity contribution in [1.29, 1.82) is 0 Å². The van der Waals surface area contributed by atoms with Crippen LogP contribution in [0.25, 0.3) is 0 Å². The molecule has 1 heterocycles. The second-order valence-electron chi connectivity index (χ2n) is 7.91. The standard InChI is InChI=1S/C21H27N3O5S/c1-6-29-19(28)17(21(3,4)5)23-16(26)10-13-11-30-20(22-13)24-18(27)14-9-12(2)7-8-15(14)25/h7-9,11,17,25H,6,10H2,1-5H3,(H,23,26)(H,22,24,27)/t17-/m1/s1. The van der Waals surface area contributed by atoms with Crippen LogP contribution in [0.15, 0.2) is 23.6 Å². The van der Waals surface area contributed by atoms with Crippen molar-refractivity contribution in [1.82, 2.24) is 10.3 Å². The van der Waals surface area contributed by atoms with E-state index in [0.717, 1.165) is 5.56 Å². The Bertz CT molecular complexity index is 933. The summed E-state index contributed by atoms with van der Waals surface area (Å²) < 4.78 is 5.05. The number of carbonyl (C=O) groups excluding carboxylic acids is 3. The number of hydrogen-bond donors (Lipinski definition) is 3. The maximum atomic E-state index is 12.4. The minimum absolute atomic E-state index is 0.0476. The number of esters is 1. The molecule has 30 heavy (non-hydrogen) atoms. The summed E-state index contributed by atoms with van der Waals surface area (Å²) in [6, 6.07) is 3.95. The highest BCUT2D eigenvalue weighted by molar-refractivity contribution is 7.14. The Morgan fingerprint density at radius 1 is 1.27 bits per heavy atom. The van der Waals surface area contributed by atoms with Gasteiger partial charge in [-0.1, -0.05) is 32.4 Å². The number of thiazole rings is 1. The van der Waals surface area contributed by atoms with Gasteiger partial charge >= 0.3 is 5.97 Å². The number of ether oxygens (including phenoxy) is 1. The summed E-state index contributed by atoms with van der Waals surface area (Å²) in [7, 11) is 0. The van der Waals surface area contributed by atoms with E-state index in [1.165, 1.54) is 17.4 Å². The van der Waals surface area contributed by atoms with Crippen molar-refractivity contribution < 1.29 is 24.2 Å².